The summed E-state index contributed by atoms with van der Waals surface area (Å²) in [5.41, 5.74) is 1.80. The maximum absolute atomic E-state index is 13.0. The van der Waals surface area contributed by atoms with E-state index in [-0.39, 0.29) is 11.8 Å². The molecular weight excluding hydrogens is 362 g/mol. The number of rotatable bonds is 5. The Kier molecular flexibility index (Phi) is 5.31. The number of hydrogen-bond donors (Lipinski definition) is 1. The average molecular weight is 392 g/mol. The minimum absolute atomic E-state index is 0.139. The second kappa shape index (κ2) is 7.90. The molecule has 1 heterocycles. The molecule has 1 aliphatic carbocycles. The molecule has 0 aromatic heterocycles. The predicted octanol–water partition coefficient (Wildman–Crippen LogP) is 4.30. The molecule has 0 atom stereocenters. The van der Waals surface area contributed by atoms with Gasteiger partial charge in [0.25, 0.3) is 0 Å². The van der Waals surface area contributed by atoms with Gasteiger partial charge in [-0.2, -0.15) is 0 Å². The topological polar surface area (TPSA) is 52.7 Å². The van der Waals surface area contributed by atoms with Crippen molar-refractivity contribution in [1.29, 1.82) is 0 Å². The highest BCUT2D eigenvalue weighted by atomic mass is 16.2. The van der Waals surface area contributed by atoms with E-state index in [0.29, 0.717) is 12.8 Å². The molecule has 2 fully saturated rings. The lowest BCUT2D eigenvalue weighted by Gasteiger charge is -2.32. The van der Waals surface area contributed by atoms with Crippen molar-refractivity contribution in [3.8, 4) is 0 Å². The van der Waals surface area contributed by atoms with Crippen molar-refractivity contribution < 1.29 is 9.59 Å². The van der Waals surface area contributed by atoms with Crippen LogP contribution < -0.4 is 15.1 Å². The monoisotopic (exact) mass is 391 g/mol. The van der Waals surface area contributed by atoms with Gasteiger partial charge >= 0.3 is 0 Å². The standard InChI is InChI=1S/C24H29N3O2/c1-18-12-16-27(17-13-18)21-10-8-19(9-11-21)25-22(28)24(14-15-24)23(29)26(2)20-6-4-3-5-7-20/h3-11,18H,12-17H2,1-2H3,(H,25,28). The van der Waals surface area contributed by atoms with Crippen LogP contribution in [0.15, 0.2) is 54.6 Å². The molecule has 0 bridgehead atoms. The smallest absolute Gasteiger partial charge is 0.242 e. The maximum Gasteiger partial charge on any atom is 0.242 e. The van der Waals surface area contributed by atoms with Crippen molar-refractivity contribution >= 4 is 28.9 Å². The molecule has 152 valence electrons. The number of nitrogens with zero attached hydrogens (tertiary/aromatic N) is 2. The van der Waals surface area contributed by atoms with Crippen LogP contribution in [0, 0.1) is 11.3 Å². The van der Waals surface area contributed by atoms with E-state index in [0.717, 1.165) is 30.4 Å². The summed E-state index contributed by atoms with van der Waals surface area (Å²) in [7, 11) is 1.74. The highest BCUT2D eigenvalue weighted by Crippen LogP contribution is 2.48. The van der Waals surface area contributed by atoms with Crippen LogP contribution in [0.25, 0.3) is 0 Å². The van der Waals surface area contributed by atoms with Crippen LogP contribution in [0.3, 0.4) is 0 Å². The molecule has 4 rings (SSSR count). The third-order valence-electron chi connectivity index (χ3n) is 6.32. The number of carbonyl (C=O) groups is 2. The third-order valence-corrected chi connectivity index (χ3v) is 6.32. The molecule has 0 spiro atoms. The molecule has 0 radical (unpaired) electrons. The number of carbonyl (C=O) groups excluding carboxylic acids is 2. The van der Waals surface area contributed by atoms with Crippen molar-refractivity contribution in [3.05, 3.63) is 54.6 Å². The van der Waals surface area contributed by atoms with Crippen LogP contribution in [-0.2, 0) is 9.59 Å². The fraction of sp³-hybridized carbons (Fsp3) is 0.417. The van der Waals surface area contributed by atoms with Gasteiger partial charge in [0.2, 0.25) is 11.8 Å². The van der Waals surface area contributed by atoms with Crippen molar-refractivity contribution in [2.75, 3.05) is 35.3 Å². The van der Waals surface area contributed by atoms with Crippen molar-refractivity contribution in [2.45, 2.75) is 32.6 Å². The Balaban J connectivity index is 1.40. The van der Waals surface area contributed by atoms with Crippen LogP contribution in [0.4, 0.5) is 17.1 Å². The summed E-state index contributed by atoms with van der Waals surface area (Å²) in [5.74, 6) is 0.455. The van der Waals surface area contributed by atoms with Crippen LogP contribution in [0.5, 0.6) is 0 Å². The van der Waals surface area contributed by atoms with E-state index in [4.69, 9.17) is 0 Å². The Morgan fingerprint density at radius 2 is 1.62 bits per heavy atom. The average Bonchev–Trinajstić information content (AvgIpc) is 3.57. The first-order valence-electron chi connectivity index (χ1n) is 10.5. The number of nitrogens with one attached hydrogen (secondary N) is 1. The van der Waals surface area contributed by atoms with Gasteiger partial charge in [0.1, 0.15) is 5.41 Å². The van der Waals surface area contributed by atoms with Gasteiger partial charge in [-0.1, -0.05) is 25.1 Å². The Hall–Kier alpha value is -2.82. The lowest BCUT2D eigenvalue weighted by Crippen LogP contribution is -2.41. The molecule has 1 saturated heterocycles. The summed E-state index contributed by atoms with van der Waals surface area (Å²) in [5, 5.41) is 2.96. The van der Waals surface area contributed by atoms with Gasteiger partial charge in [-0.3, -0.25) is 9.59 Å². The number of hydrogen-bond acceptors (Lipinski definition) is 3. The number of para-hydroxylation sites is 1. The van der Waals surface area contributed by atoms with Gasteiger partial charge in [0.15, 0.2) is 0 Å². The van der Waals surface area contributed by atoms with Crippen LogP contribution in [-0.4, -0.2) is 32.0 Å². The first kappa shape index (κ1) is 19.5. The summed E-state index contributed by atoms with van der Waals surface area (Å²) >= 11 is 0. The van der Waals surface area contributed by atoms with E-state index < -0.39 is 5.41 Å². The fourth-order valence-electron chi connectivity index (χ4n) is 4.03. The molecular formula is C24H29N3O2. The van der Waals surface area contributed by atoms with E-state index >= 15 is 0 Å². The minimum Gasteiger partial charge on any atom is -0.372 e. The van der Waals surface area contributed by atoms with Crippen LogP contribution in [0.2, 0.25) is 0 Å². The Labute approximate surface area is 172 Å². The molecule has 2 aromatic rings. The second-order valence-corrected chi connectivity index (χ2v) is 8.45. The van der Waals surface area contributed by atoms with E-state index in [1.807, 2.05) is 42.5 Å². The molecule has 29 heavy (non-hydrogen) atoms. The van der Waals surface area contributed by atoms with Crippen molar-refractivity contribution in [3.63, 3.8) is 0 Å². The zero-order chi connectivity index (χ0) is 20.4. The van der Waals surface area contributed by atoms with E-state index in [9.17, 15) is 9.59 Å². The Morgan fingerprint density at radius 3 is 2.21 bits per heavy atom. The minimum atomic E-state index is -0.938. The van der Waals surface area contributed by atoms with Gasteiger partial charge in [0.05, 0.1) is 0 Å². The zero-order valence-electron chi connectivity index (χ0n) is 17.2. The molecule has 1 N–H and O–H groups in total. The van der Waals surface area contributed by atoms with E-state index in [1.54, 1.807) is 11.9 Å². The summed E-state index contributed by atoms with van der Waals surface area (Å²) in [4.78, 5) is 29.9. The lowest BCUT2D eigenvalue weighted by atomic mass is 9.99. The molecule has 1 aliphatic heterocycles. The fourth-order valence-corrected chi connectivity index (χ4v) is 4.03. The number of anilines is 3. The van der Waals surface area contributed by atoms with Gasteiger partial charge in [-0.05, 0) is 68.0 Å². The zero-order valence-corrected chi connectivity index (χ0v) is 17.2. The number of piperidine rings is 1. The largest absolute Gasteiger partial charge is 0.372 e. The van der Waals surface area contributed by atoms with E-state index in [2.05, 4.69) is 29.3 Å². The lowest BCUT2D eigenvalue weighted by molar-refractivity contribution is -0.132. The number of benzene rings is 2. The first-order chi connectivity index (χ1) is 14.0. The summed E-state index contributed by atoms with van der Waals surface area (Å²) < 4.78 is 0. The quantitative estimate of drug-likeness (QED) is 0.773. The van der Waals surface area contributed by atoms with Gasteiger partial charge in [0, 0.05) is 37.2 Å². The summed E-state index contributed by atoms with van der Waals surface area (Å²) in [6.45, 7) is 4.47. The Morgan fingerprint density at radius 1 is 1.00 bits per heavy atom. The predicted molar refractivity (Wildman–Crippen MR) is 117 cm³/mol. The van der Waals surface area contributed by atoms with Crippen LogP contribution in [0.1, 0.15) is 32.6 Å². The third kappa shape index (κ3) is 4.00. The van der Waals surface area contributed by atoms with E-state index in [1.165, 1.54) is 18.5 Å². The molecule has 0 unspecified atom stereocenters. The SMILES string of the molecule is CC1CCN(c2ccc(NC(=O)C3(C(=O)N(C)c4ccccc4)CC3)cc2)CC1. The van der Waals surface area contributed by atoms with Crippen LogP contribution >= 0.6 is 0 Å². The van der Waals surface area contributed by atoms with Crippen molar-refractivity contribution in [1.82, 2.24) is 0 Å². The number of amides is 2. The normalized spacial score (nSPS) is 18.2. The summed E-state index contributed by atoms with van der Waals surface area (Å²) in [6.07, 6.45) is 3.63. The first-order valence-corrected chi connectivity index (χ1v) is 10.5. The second-order valence-electron chi connectivity index (χ2n) is 8.45. The molecule has 5 heteroatoms. The highest BCUT2D eigenvalue weighted by molar-refractivity contribution is 6.17. The molecule has 5 nitrogen and oxygen atoms in total. The van der Waals surface area contributed by atoms with Crippen molar-refractivity contribution in [2.24, 2.45) is 11.3 Å². The Bertz CT molecular complexity index is 867. The van der Waals surface area contributed by atoms with Gasteiger partial charge in [-0.25, -0.2) is 0 Å². The summed E-state index contributed by atoms with van der Waals surface area (Å²) in [6, 6.07) is 17.5. The molecule has 2 amide bonds. The molecule has 2 aliphatic rings. The maximum atomic E-state index is 13.0. The van der Waals surface area contributed by atoms with Gasteiger partial charge in [-0.15, -0.1) is 0 Å². The highest BCUT2D eigenvalue weighted by Gasteiger charge is 2.57. The molecule has 1 saturated carbocycles. The van der Waals surface area contributed by atoms with Gasteiger partial charge < -0.3 is 15.1 Å². The molecule has 2 aromatic carbocycles.